The number of nitro benzene ring substituents is 1. The lowest BCUT2D eigenvalue weighted by molar-refractivity contribution is -0.384. The van der Waals surface area contributed by atoms with E-state index in [1.807, 2.05) is 6.07 Å². The fourth-order valence-corrected chi connectivity index (χ4v) is 2.94. The van der Waals surface area contributed by atoms with E-state index < -0.39 is 0 Å². The van der Waals surface area contributed by atoms with Gasteiger partial charge in [0, 0.05) is 37.5 Å². The summed E-state index contributed by atoms with van der Waals surface area (Å²) in [6.45, 7) is 4.05. The normalized spacial score (nSPS) is 16.5. The van der Waals surface area contributed by atoms with Gasteiger partial charge >= 0.3 is 0 Å². The predicted molar refractivity (Wildman–Crippen MR) is 93.2 cm³/mol. The molecule has 1 heterocycles. The van der Waals surface area contributed by atoms with Crippen molar-refractivity contribution in [2.45, 2.75) is 6.04 Å². The second kappa shape index (κ2) is 7.90. The number of nitro groups is 1. The topological polar surface area (TPSA) is 67.6 Å². The van der Waals surface area contributed by atoms with Gasteiger partial charge in [0.1, 0.15) is 0 Å². The fourth-order valence-electron chi connectivity index (χ4n) is 2.94. The standard InChI is InChI=1S/C18H21N3O3/c22-21(23)17-8-6-16(7-9-17)19-14-18(15-4-2-1-3-5-15)20-10-12-24-13-11-20/h1-9,18-19H,10-14H2. The summed E-state index contributed by atoms with van der Waals surface area (Å²) < 4.78 is 5.46. The Bertz CT molecular complexity index is 655. The smallest absolute Gasteiger partial charge is 0.269 e. The maximum absolute atomic E-state index is 10.7. The molecule has 0 aliphatic carbocycles. The summed E-state index contributed by atoms with van der Waals surface area (Å²) in [4.78, 5) is 12.8. The molecule has 0 aromatic heterocycles. The van der Waals surface area contributed by atoms with Crippen molar-refractivity contribution in [2.24, 2.45) is 0 Å². The molecule has 0 saturated carbocycles. The molecule has 0 bridgehead atoms. The summed E-state index contributed by atoms with van der Waals surface area (Å²) >= 11 is 0. The van der Waals surface area contributed by atoms with Crippen molar-refractivity contribution in [3.05, 3.63) is 70.3 Å². The van der Waals surface area contributed by atoms with Crippen molar-refractivity contribution in [3.8, 4) is 0 Å². The number of morpholine rings is 1. The van der Waals surface area contributed by atoms with E-state index in [1.54, 1.807) is 12.1 Å². The Kier molecular flexibility index (Phi) is 5.40. The number of nitrogens with zero attached hydrogens (tertiary/aromatic N) is 2. The second-order valence-corrected chi connectivity index (χ2v) is 5.76. The molecule has 1 saturated heterocycles. The van der Waals surface area contributed by atoms with E-state index in [0.29, 0.717) is 0 Å². The summed E-state index contributed by atoms with van der Waals surface area (Å²) in [6.07, 6.45) is 0. The van der Waals surface area contributed by atoms with Gasteiger partial charge in [0.25, 0.3) is 5.69 Å². The van der Waals surface area contributed by atoms with Crippen molar-refractivity contribution in [1.29, 1.82) is 0 Å². The molecule has 0 amide bonds. The largest absolute Gasteiger partial charge is 0.383 e. The van der Waals surface area contributed by atoms with Gasteiger partial charge in [-0.2, -0.15) is 0 Å². The lowest BCUT2D eigenvalue weighted by Crippen LogP contribution is -2.41. The number of anilines is 1. The molecular weight excluding hydrogens is 306 g/mol. The zero-order valence-electron chi connectivity index (χ0n) is 13.4. The van der Waals surface area contributed by atoms with Gasteiger partial charge in [0.2, 0.25) is 0 Å². The fraction of sp³-hybridized carbons (Fsp3) is 0.333. The van der Waals surface area contributed by atoms with Gasteiger partial charge in [-0.05, 0) is 17.7 Å². The van der Waals surface area contributed by atoms with Crippen LogP contribution in [-0.2, 0) is 4.74 Å². The number of hydrogen-bond acceptors (Lipinski definition) is 5. The Hall–Kier alpha value is -2.44. The van der Waals surface area contributed by atoms with Crippen LogP contribution in [0.4, 0.5) is 11.4 Å². The third-order valence-corrected chi connectivity index (χ3v) is 4.25. The molecule has 3 rings (SSSR count). The summed E-state index contributed by atoms with van der Waals surface area (Å²) in [5.74, 6) is 0. The molecular formula is C18H21N3O3. The van der Waals surface area contributed by atoms with Gasteiger partial charge in [0.05, 0.1) is 24.2 Å². The lowest BCUT2D eigenvalue weighted by Gasteiger charge is -2.35. The summed E-state index contributed by atoms with van der Waals surface area (Å²) in [6, 6.07) is 17.2. The van der Waals surface area contributed by atoms with Crippen LogP contribution >= 0.6 is 0 Å². The molecule has 2 aromatic carbocycles. The molecule has 1 aliphatic rings. The minimum Gasteiger partial charge on any atom is -0.383 e. The van der Waals surface area contributed by atoms with Crippen LogP contribution in [0.15, 0.2) is 54.6 Å². The maximum Gasteiger partial charge on any atom is 0.269 e. The molecule has 126 valence electrons. The maximum atomic E-state index is 10.7. The first-order valence-corrected chi connectivity index (χ1v) is 8.09. The molecule has 2 aromatic rings. The lowest BCUT2D eigenvalue weighted by atomic mass is 10.0. The Morgan fingerprint density at radius 1 is 1.08 bits per heavy atom. The first kappa shape index (κ1) is 16.4. The highest BCUT2D eigenvalue weighted by Gasteiger charge is 2.22. The minimum absolute atomic E-state index is 0.105. The molecule has 6 heteroatoms. The van der Waals surface area contributed by atoms with Crippen molar-refractivity contribution in [2.75, 3.05) is 38.2 Å². The van der Waals surface area contributed by atoms with Crippen LogP contribution in [0.2, 0.25) is 0 Å². The molecule has 1 N–H and O–H groups in total. The Balaban J connectivity index is 1.70. The molecule has 1 atom stereocenters. The highest BCUT2D eigenvalue weighted by Crippen LogP contribution is 2.23. The van der Waals surface area contributed by atoms with E-state index >= 15 is 0 Å². The highest BCUT2D eigenvalue weighted by atomic mass is 16.6. The number of hydrogen-bond donors (Lipinski definition) is 1. The Morgan fingerprint density at radius 2 is 1.75 bits per heavy atom. The van der Waals surface area contributed by atoms with E-state index in [-0.39, 0.29) is 16.7 Å². The average molecular weight is 327 g/mol. The van der Waals surface area contributed by atoms with Gasteiger partial charge in [-0.1, -0.05) is 30.3 Å². The van der Waals surface area contributed by atoms with Gasteiger partial charge in [-0.15, -0.1) is 0 Å². The van der Waals surface area contributed by atoms with Crippen molar-refractivity contribution in [3.63, 3.8) is 0 Å². The minimum atomic E-state index is -0.385. The third-order valence-electron chi connectivity index (χ3n) is 4.25. The van der Waals surface area contributed by atoms with Crippen LogP contribution in [0, 0.1) is 10.1 Å². The van der Waals surface area contributed by atoms with E-state index in [0.717, 1.165) is 38.5 Å². The van der Waals surface area contributed by atoms with Crippen molar-refractivity contribution in [1.82, 2.24) is 4.90 Å². The predicted octanol–water partition coefficient (Wildman–Crippen LogP) is 3.08. The number of non-ortho nitro benzene ring substituents is 1. The van der Waals surface area contributed by atoms with Gasteiger partial charge in [0.15, 0.2) is 0 Å². The highest BCUT2D eigenvalue weighted by molar-refractivity contribution is 5.48. The van der Waals surface area contributed by atoms with Crippen LogP contribution in [-0.4, -0.2) is 42.7 Å². The summed E-state index contributed by atoms with van der Waals surface area (Å²) in [5, 5.41) is 14.1. The van der Waals surface area contributed by atoms with Gasteiger partial charge < -0.3 is 10.1 Å². The third kappa shape index (κ3) is 4.10. The van der Waals surface area contributed by atoms with Crippen molar-refractivity contribution < 1.29 is 9.66 Å². The zero-order valence-corrected chi connectivity index (χ0v) is 13.4. The van der Waals surface area contributed by atoms with Crippen LogP contribution in [0.25, 0.3) is 0 Å². The monoisotopic (exact) mass is 327 g/mol. The van der Waals surface area contributed by atoms with E-state index in [2.05, 4.69) is 34.5 Å². The zero-order chi connectivity index (χ0) is 16.8. The molecule has 1 unspecified atom stereocenters. The molecule has 24 heavy (non-hydrogen) atoms. The summed E-state index contributed by atoms with van der Waals surface area (Å²) in [7, 11) is 0. The SMILES string of the molecule is O=[N+]([O-])c1ccc(NCC(c2ccccc2)N2CCOCC2)cc1. The van der Waals surface area contributed by atoms with Crippen LogP contribution in [0.3, 0.4) is 0 Å². The molecule has 1 fully saturated rings. The van der Waals surface area contributed by atoms with Crippen molar-refractivity contribution >= 4 is 11.4 Å². The Labute approximate surface area is 141 Å². The number of rotatable bonds is 6. The number of benzene rings is 2. The molecule has 0 radical (unpaired) electrons. The van der Waals surface area contributed by atoms with E-state index in [9.17, 15) is 10.1 Å². The Morgan fingerprint density at radius 3 is 2.38 bits per heavy atom. The van der Waals surface area contributed by atoms with Crippen LogP contribution in [0.1, 0.15) is 11.6 Å². The second-order valence-electron chi connectivity index (χ2n) is 5.76. The van der Waals surface area contributed by atoms with E-state index in [4.69, 9.17) is 4.74 Å². The van der Waals surface area contributed by atoms with Crippen LogP contribution in [0.5, 0.6) is 0 Å². The van der Waals surface area contributed by atoms with Gasteiger partial charge in [-0.3, -0.25) is 15.0 Å². The quantitative estimate of drug-likeness (QED) is 0.652. The molecule has 6 nitrogen and oxygen atoms in total. The first-order valence-electron chi connectivity index (χ1n) is 8.09. The number of nitrogens with one attached hydrogen (secondary N) is 1. The van der Waals surface area contributed by atoms with E-state index in [1.165, 1.54) is 17.7 Å². The van der Waals surface area contributed by atoms with Gasteiger partial charge in [-0.25, -0.2) is 0 Å². The first-order chi connectivity index (χ1) is 11.7. The average Bonchev–Trinajstić information content (AvgIpc) is 2.64. The number of ether oxygens (including phenoxy) is 1. The summed E-state index contributed by atoms with van der Waals surface area (Å²) in [5.41, 5.74) is 2.25. The van der Waals surface area contributed by atoms with Crippen LogP contribution < -0.4 is 5.32 Å². The molecule has 0 spiro atoms. The molecule has 1 aliphatic heterocycles.